The minimum Gasteiger partial charge on any atom is -0.380 e. The van der Waals surface area contributed by atoms with E-state index in [1.165, 1.54) is 18.5 Å². The zero-order valence-electron chi connectivity index (χ0n) is 15.4. The lowest BCUT2D eigenvalue weighted by atomic mass is 9.93. The molecule has 2 atom stereocenters. The van der Waals surface area contributed by atoms with Crippen molar-refractivity contribution in [3.8, 4) is 0 Å². The van der Waals surface area contributed by atoms with Crippen LogP contribution in [0.3, 0.4) is 0 Å². The molecule has 25 heavy (non-hydrogen) atoms. The third kappa shape index (κ3) is 4.70. The molecule has 0 saturated carbocycles. The van der Waals surface area contributed by atoms with Crippen molar-refractivity contribution in [2.45, 2.75) is 37.8 Å². The van der Waals surface area contributed by atoms with E-state index in [9.17, 15) is 4.79 Å². The van der Waals surface area contributed by atoms with Gasteiger partial charge in [0.15, 0.2) is 0 Å². The van der Waals surface area contributed by atoms with Gasteiger partial charge in [0.1, 0.15) is 0 Å². The first-order valence-electron chi connectivity index (χ1n) is 9.33. The Morgan fingerprint density at radius 3 is 2.72 bits per heavy atom. The molecule has 0 unspecified atom stereocenters. The highest BCUT2D eigenvalue weighted by atomic mass is 16.5. The zero-order valence-corrected chi connectivity index (χ0v) is 15.4. The van der Waals surface area contributed by atoms with Gasteiger partial charge in [-0.15, -0.1) is 0 Å². The van der Waals surface area contributed by atoms with Gasteiger partial charge >= 0.3 is 0 Å². The van der Waals surface area contributed by atoms with E-state index in [-0.39, 0.29) is 18.1 Å². The average molecular weight is 346 g/mol. The maximum Gasteiger partial charge on any atom is 0.239 e. The standard InChI is InChI=1S/C19H30N4O2/c1-22(19(24)18-13-17(25-2)14-21-18)10-5-15-6-11-23(12-7-15)16-3-8-20-9-4-16/h3-4,8-9,15,17-18,21H,5-7,10-14H2,1-2H3/t17-,18+/m0/s1. The normalized spacial score (nSPS) is 24.5. The van der Waals surface area contributed by atoms with Crippen LogP contribution in [-0.4, -0.2) is 68.3 Å². The minimum atomic E-state index is -0.0801. The van der Waals surface area contributed by atoms with Gasteiger partial charge in [0, 0.05) is 58.4 Å². The van der Waals surface area contributed by atoms with Crippen molar-refractivity contribution in [3.05, 3.63) is 24.5 Å². The lowest BCUT2D eigenvalue weighted by Gasteiger charge is -2.34. The Balaban J connectivity index is 1.39. The maximum absolute atomic E-state index is 12.5. The van der Waals surface area contributed by atoms with E-state index in [2.05, 4.69) is 27.3 Å². The van der Waals surface area contributed by atoms with Crippen molar-refractivity contribution in [1.82, 2.24) is 15.2 Å². The second-order valence-electron chi connectivity index (χ2n) is 7.24. The van der Waals surface area contributed by atoms with E-state index in [0.29, 0.717) is 5.92 Å². The van der Waals surface area contributed by atoms with Crippen LogP contribution in [0.25, 0.3) is 0 Å². The van der Waals surface area contributed by atoms with Gasteiger partial charge in [0.2, 0.25) is 5.91 Å². The Hall–Kier alpha value is -1.66. The third-order valence-electron chi connectivity index (χ3n) is 5.61. The van der Waals surface area contributed by atoms with Crippen molar-refractivity contribution in [3.63, 3.8) is 0 Å². The van der Waals surface area contributed by atoms with E-state index in [1.54, 1.807) is 7.11 Å². The summed E-state index contributed by atoms with van der Waals surface area (Å²) in [6.45, 7) is 3.79. The highest BCUT2D eigenvalue weighted by molar-refractivity contribution is 5.82. The molecule has 0 spiro atoms. The molecule has 6 nitrogen and oxygen atoms in total. The first kappa shape index (κ1) is 18.1. The number of methoxy groups -OCH3 is 1. The Labute approximate surface area is 150 Å². The summed E-state index contributed by atoms with van der Waals surface area (Å²) in [4.78, 5) is 20.9. The molecule has 0 aromatic carbocycles. The van der Waals surface area contributed by atoms with Crippen molar-refractivity contribution in [2.24, 2.45) is 5.92 Å². The predicted octanol–water partition coefficient (Wildman–Crippen LogP) is 1.52. The van der Waals surface area contributed by atoms with Crippen LogP contribution < -0.4 is 10.2 Å². The fraction of sp³-hybridized carbons (Fsp3) is 0.684. The van der Waals surface area contributed by atoms with Crippen LogP contribution in [0.5, 0.6) is 0 Å². The van der Waals surface area contributed by atoms with Gasteiger partial charge in [-0.1, -0.05) is 0 Å². The average Bonchev–Trinajstić information content (AvgIpc) is 3.16. The molecule has 3 heterocycles. The Morgan fingerprint density at radius 2 is 2.08 bits per heavy atom. The molecule has 6 heteroatoms. The molecule has 3 rings (SSSR count). The minimum absolute atomic E-state index is 0.0801. The fourth-order valence-corrected chi connectivity index (χ4v) is 3.86. The Bertz CT molecular complexity index is 546. The van der Waals surface area contributed by atoms with E-state index < -0.39 is 0 Å². The first-order valence-corrected chi connectivity index (χ1v) is 9.33. The van der Waals surface area contributed by atoms with Crippen LogP contribution in [0.1, 0.15) is 25.7 Å². The summed E-state index contributed by atoms with van der Waals surface area (Å²) in [7, 11) is 3.64. The number of nitrogens with one attached hydrogen (secondary N) is 1. The Morgan fingerprint density at radius 1 is 1.36 bits per heavy atom. The number of piperidine rings is 1. The second kappa shape index (κ2) is 8.63. The van der Waals surface area contributed by atoms with Gasteiger partial charge in [-0.3, -0.25) is 9.78 Å². The van der Waals surface area contributed by atoms with Gasteiger partial charge in [-0.25, -0.2) is 0 Å². The largest absolute Gasteiger partial charge is 0.380 e. The van der Waals surface area contributed by atoms with Crippen LogP contribution in [0.2, 0.25) is 0 Å². The molecule has 2 fully saturated rings. The van der Waals surface area contributed by atoms with Gasteiger partial charge in [-0.05, 0) is 43.7 Å². The Kier molecular flexibility index (Phi) is 6.26. The van der Waals surface area contributed by atoms with Gasteiger partial charge in [0.25, 0.3) is 0 Å². The topological polar surface area (TPSA) is 57.7 Å². The summed E-state index contributed by atoms with van der Waals surface area (Å²) >= 11 is 0. The number of hydrogen-bond donors (Lipinski definition) is 1. The summed E-state index contributed by atoms with van der Waals surface area (Å²) in [5.41, 5.74) is 1.26. The summed E-state index contributed by atoms with van der Waals surface area (Å²) in [5.74, 6) is 0.908. The van der Waals surface area contributed by atoms with Crippen molar-refractivity contribution >= 4 is 11.6 Å². The molecule has 2 aliphatic heterocycles. The summed E-state index contributed by atoms with van der Waals surface area (Å²) in [5, 5.41) is 3.27. The molecule has 2 saturated heterocycles. The molecule has 0 aliphatic carbocycles. The molecule has 1 N–H and O–H groups in total. The predicted molar refractivity (Wildman–Crippen MR) is 98.6 cm³/mol. The molecule has 0 bridgehead atoms. The van der Waals surface area contributed by atoms with Crippen molar-refractivity contribution in [1.29, 1.82) is 0 Å². The number of ether oxygens (including phenoxy) is 1. The van der Waals surface area contributed by atoms with Gasteiger partial charge < -0.3 is 19.9 Å². The number of pyridine rings is 1. The molecular weight excluding hydrogens is 316 g/mol. The quantitative estimate of drug-likeness (QED) is 0.846. The second-order valence-corrected chi connectivity index (χ2v) is 7.24. The van der Waals surface area contributed by atoms with Crippen LogP contribution in [0.4, 0.5) is 5.69 Å². The summed E-state index contributed by atoms with van der Waals surface area (Å²) in [6.07, 6.45) is 8.13. The van der Waals surface area contributed by atoms with E-state index >= 15 is 0 Å². The van der Waals surface area contributed by atoms with Crippen molar-refractivity contribution < 1.29 is 9.53 Å². The van der Waals surface area contributed by atoms with Crippen LogP contribution >= 0.6 is 0 Å². The van der Waals surface area contributed by atoms with Crippen LogP contribution in [0.15, 0.2) is 24.5 Å². The molecular formula is C19H30N4O2. The monoisotopic (exact) mass is 346 g/mol. The number of anilines is 1. The molecule has 1 aromatic rings. The number of hydrogen-bond acceptors (Lipinski definition) is 5. The highest BCUT2D eigenvalue weighted by Crippen LogP contribution is 2.25. The van der Waals surface area contributed by atoms with Gasteiger partial charge in [0.05, 0.1) is 12.1 Å². The van der Waals surface area contributed by atoms with E-state index in [0.717, 1.165) is 39.0 Å². The molecule has 1 amide bonds. The van der Waals surface area contributed by atoms with Crippen LogP contribution in [-0.2, 0) is 9.53 Å². The van der Waals surface area contributed by atoms with E-state index in [4.69, 9.17) is 4.74 Å². The number of likely N-dealkylation sites (N-methyl/N-ethyl adjacent to an activating group) is 1. The van der Waals surface area contributed by atoms with Crippen LogP contribution in [0, 0.1) is 5.92 Å². The highest BCUT2D eigenvalue weighted by Gasteiger charge is 2.31. The number of carbonyl (C=O) groups is 1. The summed E-state index contributed by atoms with van der Waals surface area (Å²) in [6, 6.07) is 4.08. The maximum atomic E-state index is 12.5. The molecule has 138 valence electrons. The zero-order chi connectivity index (χ0) is 17.6. The summed E-state index contributed by atoms with van der Waals surface area (Å²) < 4.78 is 5.33. The molecule has 2 aliphatic rings. The smallest absolute Gasteiger partial charge is 0.239 e. The SMILES string of the molecule is CO[C@@H]1CN[C@@H](C(=O)N(C)CCC2CCN(c3ccncc3)CC2)C1. The first-order chi connectivity index (χ1) is 12.2. The lowest BCUT2D eigenvalue weighted by molar-refractivity contribution is -0.132. The number of amides is 1. The van der Waals surface area contributed by atoms with Gasteiger partial charge in [-0.2, -0.15) is 0 Å². The number of rotatable bonds is 6. The van der Waals surface area contributed by atoms with E-state index in [1.807, 2.05) is 24.3 Å². The molecule has 1 aromatic heterocycles. The lowest BCUT2D eigenvalue weighted by Crippen LogP contribution is -2.42. The third-order valence-corrected chi connectivity index (χ3v) is 5.61. The number of nitrogens with zero attached hydrogens (tertiary/aromatic N) is 3. The van der Waals surface area contributed by atoms with Crippen molar-refractivity contribution in [2.75, 3.05) is 45.2 Å². The fourth-order valence-electron chi connectivity index (χ4n) is 3.86. The molecule has 0 radical (unpaired) electrons. The number of carbonyl (C=O) groups excluding carboxylic acids is 1. The number of aromatic nitrogens is 1.